The lowest BCUT2D eigenvalue weighted by Crippen LogP contribution is -1.86. The molecule has 0 aliphatic carbocycles. The van der Waals surface area contributed by atoms with E-state index in [0.29, 0.717) is 0 Å². The van der Waals surface area contributed by atoms with Gasteiger partial charge in [-0.25, -0.2) is 9.97 Å². The van der Waals surface area contributed by atoms with Gasteiger partial charge in [0, 0.05) is 0 Å². The highest BCUT2D eigenvalue weighted by Crippen LogP contribution is 2.29. The summed E-state index contributed by atoms with van der Waals surface area (Å²) < 4.78 is 0. The fourth-order valence-electron chi connectivity index (χ4n) is 3.46. The van der Waals surface area contributed by atoms with Gasteiger partial charge in [-0.2, -0.15) is 0 Å². The van der Waals surface area contributed by atoms with Crippen molar-refractivity contribution in [2.75, 3.05) is 0 Å². The monoisotopic (exact) mass is 378 g/mol. The average Bonchev–Trinajstić information content (AvgIpc) is 3.28. The zero-order chi connectivity index (χ0) is 18.6. The number of hydrogen-bond donors (Lipinski definition) is 2. The second-order valence-corrected chi connectivity index (χ2v) is 8.00. The topological polar surface area (TPSA) is 57.4 Å². The van der Waals surface area contributed by atoms with Crippen LogP contribution in [0.1, 0.15) is 50.7 Å². The van der Waals surface area contributed by atoms with Crippen LogP contribution in [0, 0.1) is 0 Å². The third kappa shape index (κ3) is 3.88. The van der Waals surface area contributed by atoms with Crippen LogP contribution < -0.4 is 0 Å². The molecule has 140 valence electrons. The molecule has 2 N–H and O–H groups in total. The maximum atomic E-state index is 4.85. The predicted molar refractivity (Wildman–Crippen MR) is 114 cm³/mol. The van der Waals surface area contributed by atoms with Crippen molar-refractivity contribution in [3.63, 3.8) is 0 Å². The van der Waals surface area contributed by atoms with E-state index in [4.69, 9.17) is 9.97 Å². The van der Waals surface area contributed by atoms with Crippen LogP contribution in [0.25, 0.3) is 22.1 Å². The molecule has 5 heteroatoms. The van der Waals surface area contributed by atoms with Crippen molar-refractivity contribution in [1.29, 1.82) is 0 Å². The van der Waals surface area contributed by atoms with E-state index in [0.717, 1.165) is 45.2 Å². The minimum absolute atomic E-state index is 0.892. The molecule has 2 aromatic carbocycles. The van der Waals surface area contributed by atoms with Crippen LogP contribution in [0.3, 0.4) is 0 Å². The molecule has 4 rings (SSSR count). The molecule has 0 aliphatic rings. The summed E-state index contributed by atoms with van der Waals surface area (Å²) >= 11 is 1.57. The van der Waals surface area contributed by atoms with Crippen molar-refractivity contribution in [2.24, 2.45) is 0 Å². The highest BCUT2D eigenvalue weighted by molar-refractivity contribution is 7.99. The maximum Gasteiger partial charge on any atom is 0.174 e. The van der Waals surface area contributed by atoms with Gasteiger partial charge in [-0.1, -0.05) is 51.0 Å². The molecule has 0 bridgehead atoms. The van der Waals surface area contributed by atoms with E-state index in [1.165, 1.54) is 36.8 Å². The SMILES string of the molecule is CCCCc1cccc2[nH]c(Sc3nc4c(CCCC)cccc4[nH]3)nc12. The summed E-state index contributed by atoms with van der Waals surface area (Å²) in [5, 5.41) is 1.78. The lowest BCUT2D eigenvalue weighted by atomic mass is 10.1. The Labute approximate surface area is 164 Å². The molecule has 4 nitrogen and oxygen atoms in total. The van der Waals surface area contributed by atoms with Gasteiger partial charge in [0.25, 0.3) is 0 Å². The number of unbranched alkanes of at least 4 members (excludes halogenated alkanes) is 2. The number of hydrogen-bond acceptors (Lipinski definition) is 3. The van der Waals surface area contributed by atoms with Crippen LogP contribution in [-0.2, 0) is 12.8 Å². The number of aryl methyl sites for hydroxylation is 2. The van der Waals surface area contributed by atoms with Gasteiger partial charge in [-0.05, 0) is 60.7 Å². The Morgan fingerprint density at radius 2 is 1.22 bits per heavy atom. The van der Waals surface area contributed by atoms with Crippen LogP contribution in [-0.4, -0.2) is 19.9 Å². The number of fused-ring (bicyclic) bond motifs is 2. The third-order valence-corrected chi connectivity index (χ3v) is 5.72. The molecule has 0 radical (unpaired) electrons. The second kappa shape index (κ2) is 8.17. The minimum atomic E-state index is 0.892. The highest BCUT2D eigenvalue weighted by atomic mass is 32.2. The van der Waals surface area contributed by atoms with Crippen LogP contribution in [0.2, 0.25) is 0 Å². The van der Waals surface area contributed by atoms with Gasteiger partial charge in [0.2, 0.25) is 0 Å². The molecule has 2 heterocycles. The fraction of sp³-hybridized carbons (Fsp3) is 0.364. The van der Waals surface area contributed by atoms with Crippen molar-refractivity contribution in [3.05, 3.63) is 47.5 Å². The number of H-pyrrole nitrogens is 2. The fourth-order valence-corrected chi connectivity index (χ4v) is 4.24. The second-order valence-electron chi connectivity index (χ2n) is 7.02. The van der Waals surface area contributed by atoms with Gasteiger partial charge in [-0.15, -0.1) is 0 Å². The summed E-state index contributed by atoms with van der Waals surface area (Å²) in [4.78, 5) is 16.6. The molecule has 0 saturated carbocycles. The summed E-state index contributed by atoms with van der Waals surface area (Å²) in [6.07, 6.45) is 6.93. The van der Waals surface area contributed by atoms with Gasteiger partial charge in [0.15, 0.2) is 10.3 Å². The van der Waals surface area contributed by atoms with Crippen LogP contribution in [0.15, 0.2) is 46.7 Å². The molecule has 0 spiro atoms. The highest BCUT2D eigenvalue weighted by Gasteiger charge is 2.12. The summed E-state index contributed by atoms with van der Waals surface area (Å²) in [5.41, 5.74) is 7.03. The van der Waals surface area contributed by atoms with Crippen molar-refractivity contribution in [1.82, 2.24) is 19.9 Å². The predicted octanol–water partition coefficient (Wildman–Crippen LogP) is 6.28. The number of nitrogens with one attached hydrogen (secondary N) is 2. The summed E-state index contributed by atoms with van der Waals surface area (Å²) in [5.74, 6) is 0. The summed E-state index contributed by atoms with van der Waals surface area (Å²) in [7, 11) is 0. The zero-order valence-electron chi connectivity index (χ0n) is 16.0. The van der Waals surface area contributed by atoms with E-state index >= 15 is 0 Å². The minimum Gasteiger partial charge on any atom is -0.333 e. The molecular weight excluding hydrogens is 352 g/mol. The van der Waals surface area contributed by atoms with E-state index in [9.17, 15) is 0 Å². The number of rotatable bonds is 8. The summed E-state index contributed by atoms with van der Waals surface area (Å²) in [6.45, 7) is 4.45. The maximum absolute atomic E-state index is 4.85. The van der Waals surface area contributed by atoms with Crippen molar-refractivity contribution >= 4 is 33.8 Å². The molecule has 0 atom stereocenters. The van der Waals surface area contributed by atoms with Gasteiger partial charge in [-0.3, -0.25) is 0 Å². The molecule has 2 aromatic heterocycles. The van der Waals surface area contributed by atoms with Crippen molar-refractivity contribution < 1.29 is 0 Å². The van der Waals surface area contributed by atoms with Crippen LogP contribution >= 0.6 is 11.8 Å². The lowest BCUT2D eigenvalue weighted by Gasteiger charge is -1.99. The lowest BCUT2D eigenvalue weighted by molar-refractivity contribution is 0.797. The molecule has 0 saturated heterocycles. The quantitative estimate of drug-likeness (QED) is 0.379. The molecule has 27 heavy (non-hydrogen) atoms. The van der Waals surface area contributed by atoms with E-state index in [1.807, 2.05) is 0 Å². The van der Waals surface area contributed by atoms with Crippen LogP contribution in [0.4, 0.5) is 0 Å². The summed E-state index contributed by atoms with van der Waals surface area (Å²) in [6, 6.07) is 12.8. The Hall–Kier alpha value is -2.27. The number of para-hydroxylation sites is 2. The van der Waals surface area contributed by atoms with Gasteiger partial charge >= 0.3 is 0 Å². The van der Waals surface area contributed by atoms with Crippen LogP contribution in [0.5, 0.6) is 0 Å². The Kier molecular flexibility index (Phi) is 5.48. The van der Waals surface area contributed by atoms with E-state index in [1.54, 1.807) is 11.8 Å². The Morgan fingerprint density at radius 3 is 1.67 bits per heavy atom. The first-order chi connectivity index (χ1) is 13.3. The van der Waals surface area contributed by atoms with Gasteiger partial charge in [0.1, 0.15) is 0 Å². The largest absolute Gasteiger partial charge is 0.333 e. The molecule has 0 fully saturated rings. The normalized spacial score (nSPS) is 11.6. The first kappa shape index (κ1) is 18.1. The smallest absolute Gasteiger partial charge is 0.174 e. The number of aromatic amines is 2. The standard InChI is InChI=1S/C22H26N4S/c1-3-5-9-15-11-7-13-17-19(15)25-21(23-17)27-22-24-18-14-8-12-16(10-6-4-2)20(18)26-22/h7-8,11-14H,3-6,9-10H2,1-2H3,(H,23,25)(H,24,26). The van der Waals surface area contributed by atoms with Gasteiger partial charge < -0.3 is 9.97 Å². The number of imidazole rings is 2. The molecular formula is C22H26N4S. The van der Waals surface area contributed by atoms with E-state index < -0.39 is 0 Å². The Bertz CT molecular complexity index is 963. The van der Waals surface area contributed by atoms with E-state index in [-0.39, 0.29) is 0 Å². The zero-order valence-corrected chi connectivity index (χ0v) is 16.8. The molecule has 0 aliphatic heterocycles. The first-order valence-electron chi connectivity index (χ1n) is 9.91. The average molecular weight is 379 g/mol. The number of aromatic nitrogens is 4. The van der Waals surface area contributed by atoms with Crippen molar-refractivity contribution in [2.45, 2.75) is 62.7 Å². The number of nitrogens with zero attached hydrogens (tertiary/aromatic N) is 2. The Balaban J connectivity index is 1.62. The Morgan fingerprint density at radius 1 is 0.741 bits per heavy atom. The van der Waals surface area contributed by atoms with Crippen molar-refractivity contribution in [3.8, 4) is 0 Å². The first-order valence-corrected chi connectivity index (χ1v) is 10.7. The molecule has 0 unspecified atom stereocenters. The van der Waals surface area contributed by atoms with E-state index in [2.05, 4.69) is 60.2 Å². The molecule has 0 amide bonds. The number of benzene rings is 2. The molecule has 4 aromatic rings. The van der Waals surface area contributed by atoms with Gasteiger partial charge in [0.05, 0.1) is 22.1 Å². The third-order valence-electron chi connectivity index (χ3n) is 4.94.